The average molecular weight is 167 g/mol. The number of carbonyl (C=O) groups is 1. The number of hydrogen-bond donors (Lipinski definition) is 1. The van der Waals surface area contributed by atoms with Crippen molar-refractivity contribution in [2.75, 3.05) is 5.32 Å². The Bertz CT molecular complexity index is 277. The van der Waals surface area contributed by atoms with Crippen molar-refractivity contribution in [1.29, 1.82) is 0 Å². The zero-order valence-corrected chi connectivity index (χ0v) is 7.07. The summed E-state index contributed by atoms with van der Waals surface area (Å²) in [7, 11) is 0. The third kappa shape index (κ3) is 1.91. The largest absolute Gasteiger partial charge is 0.317 e. The van der Waals surface area contributed by atoms with Crippen LogP contribution in [-0.2, 0) is 4.79 Å². The van der Waals surface area contributed by atoms with Gasteiger partial charge in [0.25, 0.3) is 0 Å². The zero-order chi connectivity index (χ0) is 8.27. The molecule has 0 radical (unpaired) electrons. The minimum Gasteiger partial charge on any atom is -0.317 e. The van der Waals surface area contributed by atoms with Crippen LogP contribution in [0.15, 0.2) is 18.0 Å². The fourth-order valence-electron chi connectivity index (χ4n) is 0.741. The maximum Gasteiger partial charge on any atom is 0.221 e. The standard InChI is InChI=1S/C8H9NOS/c1-3-7-4-5-11-8(7)9-6(2)10/h3-5H,1H2,2H3,(H,9,10). The SMILES string of the molecule is C=Cc1ccsc1NC(C)=O. The smallest absolute Gasteiger partial charge is 0.221 e. The molecule has 0 atom stereocenters. The summed E-state index contributed by atoms with van der Waals surface area (Å²) in [5, 5.41) is 5.50. The lowest BCUT2D eigenvalue weighted by molar-refractivity contribution is -0.114. The van der Waals surface area contributed by atoms with Crippen LogP contribution in [0.5, 0.6) is 0 Å². The van der Waals surface area contributed by atoms with Gasteiger partial charge in [-0.3, -0.25) is 4.79 Å². The molecule has 11 heavy (non-hydrogen) atoms. The van der Waals surface area contributed by atoms with Gasteiger partial charge in [-0.1, -0.05) is 12.7 Å². The maximum absolute atomic E-state index is 10.6. The van der Waals surface area contributed by atoms with E-state index in [1.165, 1.54) is 18.3 Å². The summed E-state index contributed by atoms with van der Waals surface area (Å²) in [6, 6.07) is 1.92. The van der Waals surface area contributed by atoms with Gasteiger partial charge in [-0.2, -0.15) is 0 Å². The molecule has 1 rings (SSSR count). The number of amides is 1. The van der Waals surface area contributed by atoms with Crippen LogP contribution < -0.4 is 5.32 Å². The molecule has 0 aromatic carbocycles. The molecule has 0 aliphatic rings. The lowest BCUT2D eigenvalue weighted by Crippen LogP contribution is -2.04. The third-order valence-electron chi connectivity index (χ3n) is 1.21. The van der Waals surface area contributed by atoms with Crippen LogP contribution in [0.25, 0.3) is 6.08 Å². The van der Waals surface area contributed by atoms with Crippen molar-refractivity contribution in [3.8, 4) is 0 Å². The Morgan fingerprint density at radius 3 is 3.09 bits per heavy atom. The predicted molar refractivity (Wildman–Crippen MR) is 48.7 cm³/mol. The maximum atomic E-state index is 10.6. The highest BCUT2D eigenvalue weighted by Crippen LogP contribution is 2.23. The van der Waals surface area contributed by atoms with Crippen molar-refractivity contribution < 1.29 is 4.79 Å². The van der Waals surface area contributed by atoms with Crippen LogP contribution in [0.2, 0.25) is 0 Å². The Labute approximate surface area is 69.6 Å². The van der Waals surface area contributed by atoms with Crippen molar-refractivity contribution in [3.63, 3.8) is 0 Å². The van der Waals surface area contributed by atoms with Gasteiger partial charge in [-0.05, 0) is 11.4 Å². The first-order valence-electron chi connectivity index (χ1n) is 3.21. The van der Waals surface area contributed by atoms with Crippen LogP contribution in [-0.4, -0.2) is 5.91 Å². The van der Waals surface area contributed by atoms with Crippen molar-refractivity contribution >= 4 is 28.3 Å². The summed E-state index contributed by atoms with van der Waals surface area (Å²) >= 11 is 1.50. The number of rotatable bonds is 2. The van der Waals surface area contributed by atoms with Crippen LogP contribution in [0.1, 0.15) is 12.5 Å². The molecule has 0 spiro atoms. The zero-order valence-electron chi connectivity index (χ0n) is 6.26. The minimum absolute atomic E-state index is 0.0458. The number of anilines is 1. The highest BCUT2D eigenvalue weighted by Gasteiger charge is 2.00. The first kappa shape index (κ1) is 8.01. The van der Waals surface area contributed by atoms with Gasteiger partial charge < -0.3 is 5.32 Å². The van der Waals surface area contributed by atoms with Crippen molar-refractivity contribution in [3.05, 3.63) is 23.6 Å². The highest BCUT2D eigenvalue weighted by atomic mass is 32.1. The van der Waals surface area contributed by atoms with Crippen LogP contribution in [0.3, 0.4) is 0 Å². The molecular weight excluding hydrogens is 158 g/mol. The van der Waals surface area contributed by atoms with Gasteiger partial charge in [-0.15, -0.1) is 11.3 Å². The molecule has 0 unspecified atom stereocenters. The Morgan fingerprint density at radius 1 is 1.82 bits per heavy atom. The molecule has 1 aromatic rings. The molecular formula is C8H9NOS. The van der Waals surface area contributed by atoms with E-state index < -0.39 is 0 Å². The number of hydrogen-bond acceptors (Lipinski definition) is 2. The van der Waals surface area contributed by atoms with E-state index >= 15 is 0 Å². The van der Waals surface area contributed by atoms with Gasteiger partial charge in [0.05, 0.1) is 0 Å². The molecule has 0 fully saturated rings. The molecule has 1 aromatic heterocycles. The van der Waals surface area contributed by atoms with E-state index in [4.69, 9.17) is 0 Å². The van der Waals surface area contributed by atoms with E-state index in [9.17, 15) is 4.79 Å². The summed E-state index contributed by atoms with van der Waals surface area (Å²) in [5.41, 5.74) is 0.977. The Kier molecular flexibility index (Phi) is 2.44. The van der Waals surface area contributed by atoms with Crippen LogP contribution >= 0.6 is 11.3 Å². The van der Waals surface area contributed by atoms with E-state index in [-0.39, 0.29) is 5.91 Å². The molecule has 0 saturated heterocycles. The molecule has 1 heterocycles. The Morgan fingerprint density at radius 2 is 2.55 bits per heavy atom. The fourth-order valence-corrected chi connectivity index (χ4v) is 1.58. The molecule has 3 heteroatoms. The van der Waals surface area contributed by atoms with Gasteiger partial charge in [0.1, 0.15) is 5.00 Å². The Hall–Kier alpha value is -1.09. The molecule has 0 aliphatic carbocycles. The second-order valence-electron chi connectivity index (χ2n) is 2.09. The quantitative estimate of drug-likeness (QED) is 0.719. The summed E-state index contributed by atoms with van der Waals surface area (Å²) in [6.45, 7) is 5.12. The molecule has 0 saturated carbocycles. The van der Waals surface area contributed by atoms with Gasteiger partial charge >= 0.3 is 0 Å². The minimum atomic E-state index is -0.0458. The molecule has 2 nitrogen and oxygen atoms in total. The normalized spacial score (nSPS) is 9.18. The molecule has 1 N–H and O–H groups in total. The summed E-state index contributed by atoms with van der Waals surface area (Å²) < 4.78 is 0. The first-order chi connectivity index (χ1) is 5.24. The van der Waals surface area contributed by atoms with Crippen molar-refractivity contribution in [1.82, 2.24) is 0 Å². The van der Waals surface area contributed by atoms with E-state index in [2.05, 4.69) is 11.9 Å². The summed E-state index contributed by atoms with van der Waals surface area (Å²) in [4.78, 5) is 10.6. The second kappa shape index (κ2) is 3.34. The first-order valence-corrected chi connectivity index (χ1v) is 4.09. The van der Waals surface area contributed by atoms with E-state index in [0.29, 0.717) is 0 Å². The predicted octanol–water partition coefficient (Wildman–Crippen LogP) is 2.35. The van der Waals surface area contributed by atoms with Gasteiger partial charge in [-0.25, -0.2) is 0 Å². The van der Waals surface area contributed by atoms with Gasteiger partial charge in [0.2, 0.25) is 5.91 Å². The lowest BCUT2D eigenvalue weighted by Gasteiger charge is -1.97. The van der Waals surface area contributed by atoms with E-state index in [0.717, 1.165) is 10.6 Å². The van der Waals surface area contributed by atoms with E-state index in [1.807, 2.05) is 11.4 Å². The molecule has 0 bridgehead atoms. The highest BCUT2D eigenvalue weighted by molar-refractivity contribution is 7.14. The summed E-state index contributed by atoms with van der Waals surface area (Å²) in [5.74, 6) is -0.0458. The van der Waals surface area contributed by atoms with Crippen molar-refractivity contribution in [2.45, 2.75) is 6.92 Å². The van der Waals surface area contributed by atoms with Gasteiger partial charge in [0, 0.05) is 12.5 Å². The van der Waals surface area contributed by atoms with Crippen LogP contribution in [0.4, 0.5) is 5.00 Å². The van der Waals surface area contributed by atoms with Crippen molar-refractivity contribution in [2.24, 2.45) is 0 Å². The second-order valence-corrected chi connectivity index (χ2v) is 3.01. The van der Waals surface area contributed by atoms with Crippen LogP contribution in [0, 0.1) is 0 Å². The number of nitrogens with one attached hydrogen (secondary N) is 1. The van der Waals surface area contributed by atoms with E-state index in [1.54, 1.807) is 6.08 Å². The topological polar surface area (TPSA) is 29.1 Å². The fraction of sp³-hybridized carbons (Fsp3) is 0.125. The molecule has 0 aliphatic heterocycles. The Balaban J connectivity index is 2.84. The summed E-state index contributed by atoms with van der Waals surface area (Å²) in [6.07, 6.45) is 1.72. The monoisotopic (exact) mass is 167 g/mol. The third-order valence-corrected chi connectivity index (χ3v) is 2.05. The lowest BCUT2D eigenvalue weighted by atomic mass is 10.3. The number of carbonyl (C=O) groups excluding carboxylic acids is 1. The average Bonchev–Trinajstić information content (AvgIpc) is 2.34. The number of thiophene rings is 1. The van der Waals surface area contributed by atoms with Gasteiger partial charge in [0.15, 0.2) is 0 Å². The molecule has 58 valence electrons. The molecule has 1 amide bonds.